The minimum absolute atomic E-state index is 0.0403. The van der Waals surface area contributed by atoms with Crippen LogP contribution >= 0.6 is 0 Å². The highest BCUT2D eigenvalue weighted by atomic mass is 16.2. The Balaban J connectivity index is 2.53. The molecule has 0 aliphatic carbocycles. The number of piperidine rings is 1. The van der Waals surface area contributed by atoms with E-state index in [1.165, 1.54) is 4.90 Å². The number of hydrazine groups is 1. The first-order chi connectivity index (χ1) is 18.3. The summed E-state index contributed by atoms with van der Waals surface area (Å²) in [5.41, 5.74) is 23.5. The fraction of sp³-hybridized carbons (Fsp3) is 0.833. The first kappa shape index (κ1) is 33.3. The van der Waals surface area contributed by atoms with Crippen LogP contribution in [-0.2, 0) is 9.59 Å². The van der Waals surface area contributed by atoms with Gasteiger partial charge in [0, 0.05) is 44.7 Å². The third-order valence-electron chi connectivity index (χ3n) is 6.27. The van der Waals surface area contributed by atoms with Crippen molar-refractivity contribution in [1.29, 1.82) is 0 Å². The molecule has 1 fully saturated rings. The van der Waals surface area contributed by atoms with Crippen molar-refractivity contribution < 1.29 is 19.2 Å². The van der Waals surface area contributed by atoms with E-state index in [0.29, 0.717) is 76.4 Å². The van der Waals surface area contributed by atoms with E-state index in [1.807, 2.05) is 0 Å². The fourth-order valence-corrected chi connectivity index (χ4v) is 3.97. The molecule has 6 amide bonds. The minimum Gasteiger partial charge on any atom is -0.351 e. The smallest absolute Gasteiger partial charge is 0.351 e. The van der Waals surface area contributed by atoms with Gasteiger partial charge in [-0.2, -0.15) is 0 Å². The van der Waals surface area contributed by atoms with Crippen molar-refractivity contribution in [3.63, 3.8) is 0 Å². The Morgan fingerprint density at radius 2 is 1.66 bits per heavy atom. The Morgan fingerprint density at radius 1 is 0.974 bits per heavy atom. The predicted molar refractivity (Wildman–Crippen MR) is 145 cm³/mol. The van der Waals surface area contributed by atoms with Crippen LogP contribution < -0.4 is 44.0 Å². The van der Waals surface area contributed by atoms with Crippen LogP contribution in [0.15, 0.2) is 0 Å². The van der Waals surface area contributed by atoms with Crippen LogP contribution in [0.1, 0.15) is 70.6 Å². The zero-order chi connectivity index (χ0) is 28.2. The summed E-state index contributed by atoms with van der Waals surface area (Å²) in [6, 6.07) is -1.40. The van der Waals surface area contributed by atoms with Crippen LogP contribution in [0.25, 0.3) is 0 Å². The number of hydrogen-bond donors (Lipinski definition) is 7. The van der Waals surface area contributed by atoms with Gasteiger partial charge in [-0.05, 0) is 58.5 Å². The highest BCUT2D eigenvalue weighted by Gasteiger charge is 2.27. The second-order valence-corrected chi connectivity index (χ2v) is 9.62. The van der Waals surface area contributed by atoms with Crippen LogP contribution in [0.4, 0.5) is 9.59 Å². The number of likely N-dealkylation sites (tertiary alicyclic amines) is 1. The van der Waals surface area contributed by atoms with Crippen molar-refractivity contribution in [2.75, 3.05) is 46.3 Å². The maximum absolute atomic E-state index is 12.8. The van der Waals surface area contributed by atoms with Gasteiger partial charge in [-0.1, -0.05) is 24.7 Å². The molecule has 219 valence electrons. The van der Waals surface area contributed by atoms with Gasteiger partial charge < -0.3 is 38.1 Å². The molecule has 1 radical (unpaired) electrons. The fourth-order valence-electron chi connectivity index (χ4n) is 3.97. The van der Waals surface area contributed by atoms with Crippen molar-refractivity contribution in [3.8, 4) is 0 Å². The molecule has 0 aromatic heterocycles. The Bertz CT molecular complexity index is 704. The Kier molecular flexibility index (Phi) is 17.8. The maximum Gasteiger partial charge on any atom is 0.362 e. The Hall–Kier alpha value is -2.68. The SMILES string of the molecule is CNCC(=O)N[C@H](CN)CCCCNC(=O)N([N]C(=O)N1CCC(N)CC1)NC(=O)CCCCCCCN. The van der Waals surface area contributed by atoms with Gasteiger partial charge in [-0.25, -0.2) is 15.0 Å². The number of rotatable bonds is 16. The quantitative estimate of drug-likeness (QED) is 0.0969. The second kappa shape index (κ2) is 20.3. The molecule has 38 heavy (non-hydrogen) atoms. The zero-order valence-corrected chi connectivity index (χ0v) is 22.9. The van der Waals surface area contributed by atoms with Crippen molar-refractivity contribution in [2.45, 2.75) is 82.7 Å². The van der Waals surface area contributed by atoms with Gasteiger partial charge in [0.15, 0.2) is 0 Å². The molecule has 1 saturated heterocycles. The molecule has 14 nitrogen and oxygen atoms in total. The molecule has 0 saturated carbocycles. The van der Waals surface area contributed by atoms with Gasteiger partial charge in [0.25, 0.3) is 0 Å². The summed E-state index contributed by atoms with van der Waals surface area (Å²) in [7, 11) is 1.69. The summed E-state index contributed by atoms with van der Waals surface area (Å²) in [5.74, 6) is -0.514. The molecule has 1 aliphatic heterocycles. The van der Waals surface area contributed by atoms with Crippen LogP contribution in [-0.4, -0.2) is 92.3 Å². The van der Waals surface area contributed by atoms with Crippen LogP contribution in [0, 0.1) is 0 Å². The van der Waals surface area contributed by atoms with Crippen molar-refractivity contribution >= 4 is 23.9 Å². The molecule has 0 aromatic rings. The van der Waals surface area contributed by atoms with E-state index in [4.69, 9.17) is 17.2 Å². The number of nitrogens with one attached hydrogen (secondary N) is 4. The van der Waals surface area contributed by atoms with E-state index in [1.54, 1.807) is 7.05 Å². The van der Waals surface area contributed by atoms with Gasteiger partial charge in [-0.3, -0.25) is 9.59 Å². The molecule has 1 rings (SSSR count). The number of nitrogens with zero attached hydrogens (tertiary/aromatic N) is 3. The standard InChI is InChI=1S/C24H49N10O4/c1-28-18-22(36)30-20(17-26)9-6-8-14-29-23(37)34(31-21(35)10-5-3-2-4-7-13-25)32-24(38)33-15-11-19(27)12-16-33/h19-20,28H,2-18,25-27H2,1H3,(H,29,37)(H,30,36)(H,31,35)/t20-/m0/s1. The molecular weight excluding hydrogens is 492 g/mol. The van der Waals surface area contributed by atoms with Gasteiger partial charge >= 0.3 is 12.1 Å². The third kappa shape index (κ3) is 14.9. The van der Waals surface area contributed by atoms with Crippen LogP contribution in [0.2, 0.25) is 0 Å². The number of hydrogen-bond acceptors (Lipinski definition) is 8. The lowest BCUT2D eigenvalue weighted by Gasteiger charge is -2.31. The van der Waals surface area contributed by atoms with E-state index in [9.17, 15) is 19.2 Å². The lowest BCUT2D eigenvalue weighted by molar-refractivity contribution is -0.125. The largest absolute Gasteiger partial charge is 0.362 e. The maximum atomic E-state index is 12.8. The number of carbonyl (C=O) groups excluding carboxylic acids is 4. The minimum atomic E-state index is -0.693. The first-order valence-electron chi connectivity index (χ1n) is 13.8. The summed E-state index contributed by atoms with van der Waals surface area (Å²) in [4.78, 5) is 51.1. The lowest BCUT2D eigenvalue weighted by atomic mass is 10.1. The molecule has 14 heteroatoms. The third-order valence-corrected chi connectivity index (χ3v) is 6.27. The zero-order valence-electron chi connectivity index (χ0n) is 22.9. The first-order valence-corrected chi connectivity index (χ1v) is 13.8. The summed E-state index contributed by atoms with van der Waals surface area (Å²) >= 11 is 0. The average Bonchev–Trinajstić information content (AvgIpc) is 2.89. The van der Waals surface area contributed by atoms with E-state index >= 15 is 0 Å². The molecule has 0 aromatic carbocycles. The number of urea groups is 2. The van der Waals surface area contributed by atoms with Crippen molar-refractivity contribution in [1.82, 2.24) is 36.8 Å². The Labute approximate surface area is 226 Å². The van der Waals surface area contributed by atoms with Gasteiger partial charge in [0.05, 0.1) is 6.54 Å². The highest BCUT2D eigenvalue weighted by molar-refractivity contribution is 5.84. The van der Waals surface area contributed by atoms with E-state index in [0.717, 1.165) is 25.7 Å². The second-order valence-electron chi connectivity index (χ2n) is 9.62. The summed E-state index contributed by atoms with van der Waals surface area (Å²) < 4.78 is 0. The molecule has 1 heterocycles. The normalized spacial score (nSPS) is 14.5. The topological polar surface area (TPSA) is 215 Å². The van der Waals surface area contributed by atoms with Crippen molar-refractivity contribution in [3.05, 3.63) is 0 Å². The van der Waals surface area contributed by atoms with Crippen LogP contribution in [0.3, 0.4) is 0 Å². The molecule has 0 spiro atoms. The molecule has 1 aliphatic rings. The van der Waals surface area contributed by atoms with Gasteiger partial charge in [0.2, 0.25) is 11.8 Å². The molecule has 0 unspecified atom stereocenters. The monoisotopic (exact) mass is 541 g/mol. The summed E-state index contributed by atoms with van der Waals surface area (Å²) in [6.07, 6.45) is 8.02. The van der Waals surface area contributed by atoms with E-state index in [-0.39, 0.29) is 36.9 Å². The summed E-state index contributed by atoms with van der Waals surface area (Å²) in [6.45, 7) is 2.39. The summed E-state index contributed by atoms with van der Waals surface area (Å²) in [5, 5.41) is 9.04. The number of likely N-dealkylation sites (N-methyl/N-ethyl adjacent to an activating group) is 1. The van der Waals surface area contributed by atoms with Crippen LogP contribution in [0.5, 0.6) is 0 Å². The van der Waals surface area contributed by atoms with E-state index < -0.39 is 12.1 Å². The molecule has 1 atom stereocenters. The van der Waals surface area contributed by atoms with E-state index in [2.05, 4.69) is 26.8 Å². The Morgan fingerprint density at radius 3 is 2.32 bits per heavy atom. The van der Waals surface area contributed by atoms with Gasteiger partial charge in [-0.15, -0.1) is 5.12 Å². The lowest BCUT2D eigenvalue weighted by Crippen LogP contribution is -2.58. The number of nitrogens with two attached hydrogens (primary N) is 3. The number of amides is 6. The van der Waals surface area contributed by atoms with Crippen molar-refractivity contribution in [2.24, 2.45) is 17.2 Å². The number of carbonyl (C=O) groups is 4. The van der Waals surface area contributed by atoms with Gasteiger partial charge in [0.1, 0.15) is 0 Å². The molecule has 10 N–H and O–H groups in total. The number of unbranched alkanes of at least 4 members (excludes halogenated alkanes) is 5. The average molecular weight is 542 g/mol. The molecule has 0 bridgehead atoms. The highest BCUT2D eigenvalue weighted by Crippen LogP contribution is 2.09. The molecular formula is C24H49N10O4. The predicted octanol–water partition coefficient (Wildman–Crippen LogP) is -0.776.